The van der Waals surface area contributed by atoms with E-state index in [1.807, 2.05) is 30.3 Å². The van der Waals surface area contributed by atoms with Crippen molar-refractivity contribution in [2.24, 2.45) is 0 Å². The predicted octanol–water partition coefficient (Wildman–Crippen LogP) is 4.54. The van der Waals surface area contributed by atoms with Crippen molar-refractivity contribution in [1.29, 1.82) is 0 Å². The number of carbonyl (C=O) groups excluding carboxylic acids is 3. The van der Waals surface area contributed by atoms with Crippen molar-refractivity contribution >= 4 is 34.8 Å². The molecular formula is C27H30N4O3. The number of benzene rings is 3. The van der Waals surface area contributed by atoms with Gasteiger partial charge in [-0.05, 0) is 61.0 Å². The van der Waals surface area contributed by atoms with Crippen LogP contribution in [0.2, 0.25) is 0 Å². The molecule has 0 aliphatic carbocycles. The van der Waals surface area contributed by atoms with Crippen molar-refractivity contribution in [2.45, 2.75) is 19.8 Å². The van der Waals surface area contributed by atoms with Gasteiger partial charge in [-0.3, -0.25) is 14.4 Å². The SMILES string of the molecule is CCCCNC(=O)c1ccc(NC(=O)CNc2cccc(C(=O)N(C)c3ccccc3)c2)cc1. The van der Waals surface area contributed by atoms with Crippen molar-refractivity contribution in [3.8, 4) is 0 Å². The molecule has 34 heavy (non-hydrogen) atoms. The van der Waals surface area contributed by atoms with E-state index in [0.29, 0.717) is 29.0 Å². The van der Waals surface area contributed by atoms with E-state index < -0.39 is 0 Å². The van der Waals surface area contributed by atoms with Crippen LogP contribution in [0, 0.1) is 0 Å². The van der Waals surface area contributed by atoms with E-state index in [9.17, 15) is 14.4 Å². The number of amides is 3. The Bertz CT molecular complexity index is 1110. The van der Waals surface area contributed by atoms with Crippen molar-refractivity contribution < 1.29 is 14.4 Å². The zero-order valence-electron chi connectivity index (χ0n) is 19.5. The van der Waals surface area contributed by atoms with E-state index in [-0.39, 0.29) is 24.3 Å². The summed E-state index contributed by atoms with van der Waals surface area (Å²) in [6, 6.07) is 23.2. The number of rotatable bonds is 10. The fourth-order valence-electron chi connectivity index (χ4n) is 3.30. The highest BCUT2D eigenvalue weighted by molar-refractivity contribution is 6.06. The molecule has 7 heteroatoms. The van der Waals surface area contributed by atoms with E-state index in [4.69, 9.17) is 0 Å². The molecule has 0 fully saturated rings. The van der Waals surface area contributed by atoms with Crippen LogP contribution in [-0.2, 0) is 4.79 Å². The lowest BCUT2D eigenvalue weighted by atomic mass is 10.1. The van der Waals surface area contributed by atoms with Crippen molar-refractivity contribution in [2.75, 3.05) is 35.7 Å². The molecule has 0 radical (unpaired) electrons. The first-order chi connectivity index (χ1) is 16.5. The molecule has 3 aromatic carbocycles. The van der Waals surface area contributed by atoms with Crippen LogP contribution >= 0.6 is 0 Å². The van der Waals surface area contributed by atoms with Gasteiger partial charge in [-0.1, -0.05) is 37.6 Å². The molecule has 176 valence electrons. The number of para-hydroxylation sites is 1. The third-order valence-electron chi connectivity index (χ3n) is 5.26. The standard InChI is InChI=1S/C27H30N4O3/c1-3-4-17-28-26(33)20-13-15-22(16-14-20)30-25(32)19-29-23-10-8-9-21(18-23)27(34)31(2)24-11-6-5-7-12-24/h5-16,18,29H,3-4,17,19H2,1-2H3,(H,28,33)(H,30,32). The first kappa shape index (κ1) is 24.5. The molecule has 3 amide bonds. The first-order valence-electron chi connectivity index (χ1n) is 11.3. The number of anilines is 3. The van der Waals surface area contributed by atoms with Gasteiger partial charge in [0.1, 0.15) is 0 Å². The lowest BCUT2D eigenvalue weighted by Crippen LogP contribution is -2.26. The van der Waals surface area contributed by atoms with Crippen molar-refractivity contribution in [3.63, 3.8) is 0 Å². The van der Waals surface area contributed by atoms with E-state index in [1.54, 1.807) is 60.5 Å². The largest absolute Gasteiger partial charge is 0.376 e. The van der Waals surface area contributed by atoms with Gasteiger partial charge >= 0.3 is 0 Å². The number of hydrogen-bond acceptors (Lipinski definition) is 4. The van der Waals surface area contributed by atoms with E-state index in [2.05, 4.69) is 22.9 Å². The topological polar surface area (TPSA) is 90.5 Å². The minimum atomic E-state index is -0.238. The molecule has 0 aromatic heterocycles. The Morgan fingerprint density at radius 2 is 1.56 bits per heavy atom. The summed E-state index contributed by atoms with van der Waals surface area (Å²) in [5, 5.41) is 8.71. The average molecular weight is 459 g/mol. The summed E-state index contributed by atoms with van der Waals surface area (Å²) in [4.78, 5) is 38.8. The molecule has 0 atom stereocenters. The van der Waals surface area contributed by atoms with Crippen molar-refractivity contribution in [3.05, 3.63) is 90.0 Å². The fraction of sp³-hybridized carbons (Fsp3) is 0.222. The Kier molecular flexibility index (Phi) is 8.80. The third kappa shape index (κ3) is 6.93. The second-order valence-electron chi connectivity index (χ2n) is 7.87. The number of nitrogens with one attached hydrogen (secondary N) is 3. The van der Waals surface area contributed by atoms with Gasteiger partial charge in [-0.2, -0.15) is 0 Å². The third-order valence-corrected chi connectivity index (χ3v) is 5.26. The fourth-order valence-corrected chi connectivity index (χ4v) is 3.30. The van der Waals surface area contributed by atoms with Gasteiger partial charge in [-0.15, -0.1) is 0 Å². The second-order valence-corrected chi connectivity index (χ2v) is 7.87. The van der Waals surface area contributed by atoms with Crippen LogP contribution in [0.15, 0.2) is 78.9 Å². The molecule has 0 saturated carbocycles. The van der Waals surface area contributed by atoms with Crippen LogP contribution in [0.5, 0.6) is 0 Å². The molecule has 0 unspecified atom stereocenters. The van der Waals surface area contributed by atoms with Crippen LogP contribution < -0.4 is 20.9 Å². The maximum Gasteiger partial charge on any atom is 0.258 e. The Labute approximate surface area is 200 Å². The van der Waals surface area contributed by atoms with Gasteiger partial charge in [0.2, 0.25) is 5.91 Å². The molecule has 7 nitrogen and oxygen atoms in total. The van der Waals surface area contributed by atoms with E-state index in [0.717, 1.165) is 18.5 Å². The van der Waals surface area contributed by atoms with Gasteiger partial charge in [0, 0.05) is 41.8 Å². The van der Waals surface area contributed by atoms with Gasteiger partial charge in [0.15, 0.2) is 0 Å². The molecular weight excluding hydrogens is 428 g/mol. The van der Waals surface area contributed by atoms with Crippen LogP contribution in [-0.4, -0.2) is 37.9 Å². The molecule has 3 N–H and O–H groups in total. The molecule has 0 aliphatic rings. The molecule has 0 aliphatic heterocycles. The monoisotopic (exact) mass is 458 g/mol. The molecule has 0 spiro atoms. The van der Waals surface area contributed by atoms with Crippen molar-refractivity contribution in [1.82, 2.24) is 5.32 Å². The van der Waals surface area contributed by atoms with Crippen LogP contribution in [0.3, 0.4) is 0 Å². The number of unbranched alkanes of at least 4 members (excludes halogenated alkanes) is 1. The normalized spacial score (nSPS) is 10.3. The molecule has 0 saturated heterocycles. The van der Waals surface area contributed by atoms with Crippen LogP contribution in [0.1, 0.15) is 40.5 Å². The zero-order chi connectivity index (χ0) is 24.3. The predicted molar refractivity (Wildman–Crippen MR) is 136 cm³/mol. The van der Waals surface area contributed by atoms with Gasteiger partial charge in [0.05, 0.1) is 6.54 Å². The lowest BCUT2D eigenvalue weighted by molar-refractivity contribution is -0.114. The summed E-state index contributed by atoms with van der Waals surface area (Å²) in [6.45, 7) is 2.75. The molecule has 3 rings (SSSR count). The summed E-state index contributed by atoms with van der Waals surface area (Å²) in [5.74, 6) is -0.503. The highest BCUT2D eigenvalue weighted by atomic mass is 16.2. The highest BCUT2D eigenvalue weighted by Crippen LogP contribution is 2.17. The quantitative estimate of drug-likeness (QED) is 0.389. The number of hydrogen-bond donors (Lipinski definition) is 3. The smallest absolute Gasteiger partial charge is 0.258 e. The zero-order valence-corrected chi connectivity index (χ0v) is 19.5. The maximum atomic E-state index is 12.8. The Morgan fingerprint density at radius 1 is 0.824 bits per heavy atom. The van der Waals surface area contributed by atoms with Gasteiger partial charge in [-0.25, -0.2) is 0 Å². The Hall–Kier alpha value is -4.13. The number of carbonyl (C=O) groups is 3. The van der Waals surface area contributed by atoms with Gasteiger partial charge < -0.3 is 20.9 Å². The van der Waals surface area contributed by atoms with Crippen LogP contribution in [0.25, 0.3) is 0 Å². The minimum absolute atomic E-state index is 0.0332. The van der Waals surface area contributed by atoms with E-state index >= 15 is 0 Å². The first-order valence-corrected chi connectivity index (χ1v) is 11.3. The Morgan fingerprint density at radius 3 is 2.26 bits per heavy atom. The number of nitrogens with zero attached hydrogens (tertiary/aromatic N) is 1. The molecule has 3 aromatic rings. The second kappa shape index (κ2) is 12.2. The maximum absolute atomic E-state index is 12.8. The summed E-state index contributed by atoms with van der Waals surface area (Å²) in [7, 11) is 1.73. The highest BCUT2D eigenvalue weighted by Gasteiger charge is 2.14. The average Bonchev–Trinajstić information content (AvgIpc) is 2.88. The molecule has 0 heterocycles. The van der Waals surface area contributed by atoms with Gasteiger partial charge in [0.25, 0.3) is 11.8 Å². The van der Waals surface area contributed by atoms with E-state index in [1.165, 1.54) is 0 Å². The lowest BCUT2D eigenvalue weighted by Gasteiger charge is -2.18. The summed E-state index contributed by atoms with van der Waals surface area (Å²) < 4.78 is 0. The summed E-state index contributed by atoms with van der Waals surface area (Å²) >= 11 is 0. The molecule has 0 bridgehead atoms. The summed E-state index contributed by atoms with van der Waals surface area (Å²) in [5.41, 5.74) is 3.14. The van der Waals surface area contributed by atoms with Crippen LogP contribution in [0.4, 0.5) is 17.1 Å². The summed E-state index contributed by atoms with van der Waals surface area (Å²) in [6.07, 6.45) is 1.96. The minimum Gasteiger partial charge on any atom is -0.376 e. The Balaban J connectivity index is 1.52.